The van der Waals surface area contributed by atoms with Gasteiger partial charge < -0.3 is 20.2 Å². The lowest BCUT2D eigenvalue weighted by atomic mass is 10.2. The molecule has 0 aliphatic carbocycles. The van der Waals surface area contributed by atoms with Crippen molar-refractivity contribution in [1.29, 1.82) is 0 Å². The maximum atomic E-state index is 11.7. The average molecular weight is 414 g/mol. The highest BCUT2D eigenvalue weighted by molar-refractivity contribution is 7.17. The van der Waals surface area contributed by atoms with Crippen LogP contribution in [0.1, 0.15) is 28.9 Å². The molecular formula is C19H22N6O3S. The number of anilines is 2. The zero-order chi connectivity index (χ0) is 20.2. The normalized spacial score (nSPS) is 16.5. The lowest BCUT2D eigenvalue weighted by Gasteiger charge is -2.22. The predicted molar refractivity (Wildman–Crippen MR) is 110 cm³/mol. The molecule has 0 aromatic carbocycles. The summed E-state index contributed by atoms with van der Waals surface area (Å²) in [5.41, 5.74) is 0.770. The molecule has 0 saturated carbocycles. The molecule has 2 aliphatic rings. The van der Waals surface area contributed by atoms with Crippen LogP contribution < -0.4 is 10.2 Å². The molecule has 0 spiro atoms. The number of hydrogen-bond acceptors (Lipinski definition) is 8. The van der Waals surface area contributed by atoms with Gasteiger partial charge in [-0.2, -0.15) is 0 Å². The number of aromatic nitrogens is 3. The number of hydrogen-bond donors (Lipinski definition) is 2. The summed E-state index contributed by atoms with van der Waals surface area (Å²) in [7, 11) is 0. The number of rotatable bonds is 7. The zero-order valence-corrected chi connectivity index (χ0v) is 16.7. The van der Waals surface area contributed by atoms with E-state index in [0.717, 1.165) is 43.8 Å². The monoisotopic (exact) mass is 414 g/mol. The molecule has 2 aromatic heterocycles. The van der Waals surface area contributed by atoms with Crippen LogP contribution in [0.5, 0.6) is 0 Å². The van der Waals surface area contributed by atoms with Crippen LogP contribution in [0.2, 0.25) is 0 Å². The van der Waals surface area contributed by atoms with Crippen molar-refractivity contribution in [2.24, 2.45) is 0 Å². The third-order valence-electron chi connectivity index (χ3n) is 4.89. The lowest BCUT2D eigenvalue weighted by Crippen LogP contribution is -2.30. The van der Waals surface area contributed by atoms with Gasteiger partial charge in [-0.1, -0.05) is 23.5 Å². The Hall–Kier alpha value is -3.01. The van der Waals surface area contributed by atoms with Gasteiger partial charge in [-0.3, -0.25) is 4.79 Å². The molecule has 9 nitrogen and oxygen atoms in total. The van der Waals surface area contributed by atoms with Crippen molar-refractivity contribution in [3.05, 3.63) is 29.4 Å². The Morgan fingerprint density at radius 3 is 2.79 bits per heavy atom. The van der Waals surface area contributed by atoms with Gasteiger partial charge in [0, 0.05) is 39.1 Å². The van der Waals surface area contributed by atoms with Gasteiger partial charge in [0.05, 0.1) is 12.4 Å². The number of carboxylic acids is 1. The van der Waals surface area contributed by atoms with E-state index in [0.29, 0.717) is 41.8 Å². The maximum absolute atomic E-state index is 11.7. The second-order valence-electron chi connectivity index (χ2n) is 6.88. The molecular weight excluding hydrogens is 392 g/mol. The van der Waals surface area contributed by atoms with Gasteiger partial charge in [0.15, 0.2) is 5.13 Å². The molecule has 2 aromatic rings. The van der Waals surface area contributed by atoms with E-state index in [1.807, 2.05) is 4.90 Å². The van der Waals surface area contributed by atoms with E-state index in [9.17, 15) is 14.7 Å². The molecule has 0 unspecified atom stereocenters. The topological polar surface area (TPSA) is 112 Å². The third-order valence-corrected chi connectivity index (χ3v) is 6.00. The Morgan fingerprint density at radius 2 is 2.14 bits per heavy atom. The van der Waals surface area contributed by atoms with Crippen molar-refractivity contribution >= 4 is 34.2 Å². The van der Waals surface area contributed by atoms with E-state index in [4.69, 9.17) is 0 Å². The van der Waals surface area contributed by atoms with E-state index in [-0.39, 0.29) is 10.8 Å². The van der Waals surface area contributed by atoms with Crippen LogP contribution in [0.15, 0.2) is 24.5 Å². The molecule has 0 atom stereocenters. The second kappa shape index (κ2) is 8.56. The smallest absolute Gasteiger partial charge is 0.348 e. The first-order valence-corrected chi connectivity index (χ1v) is 10.4. The van der Waals surface area contributed by atoms with E-state index >= 15 is 0 Å². The summed E-state index contributed by atoms with van der Waals surface area (Å²) in [6.45, 7) is 3.56. The van der Waals surface area contributed by atoms with Crippen molar-refractivity contribution in [3.8, 4) is 11.4 Å². The lowest BCUT2D eigenvalue weighted by molar-refractivity contribution is -0.127. The second-order valence-corrected chi connectivity index (χ2v) is 7.86. The van der Waals surface area contributed by atoms with Crippen LogP contribution in [0.4, 0.5) is 10.9 Å². The van der Waals surface area contributed by atoms with Crippen molar-refractivity contribution in [1.82, 2.24) is 19.9 Å². The molecule has 2 aliphatic heterocycles. The predicted octanol–water partition coefficient (Wildman–Crippen LogP) is 2.10. The van der Waals surface area contributed by atoms with Gasteiger partial charge in [0.25, 0.3) is 0 Å². The average Bonchev–Trinajstić information content (AvgIpc) is 3.36. The Kier molecular flexibility index (Phi) is 5.70. The van der Waals surface area contributed by atoms with E-state index in [1.165, 1.54) is 6.20 Å². The third kappa shape index (κ3) is 4.37. The van der Waals surface area contributed by atoms with Crippen LogP contribution in [-0.2, 0) is 4.79 Å². The molecule has 4 rings (SSSR count). The number of nitrogens with one attached hydrogen (secondary N) is 1. The molecule has 152 valence electrons. The summed E-state index contributed by atoms with van der Waals surface area (Å²) in [5.74, 6) is -0.248. The number of amides is 1. The molecule has 2 N–H and O–H groups in total. The highest BCUT2D eigenvalue weighted by Crippen LogP contribution is 2.33. The molecule has 29 heavy (non-hydrogen) atoms. The maximum Gasteiger partial charge on any atom is 0.348 e. The minimum atomic E-state index is -1.02. The summed E-state index contributed by atoms with van der Waals surface area (Å²) >= 11 is 1.16. The first kappa shape index (κ1) is 19.3. The minimum Gasteiger partial charge on any atom is -0.477 e. The summed E-state index contributed by atoms with van der Waals surface area (Å²) in [6, 6.07) is 0. The summed E-state index contributed by atoms with van der Waals surface area (Å²) in [6.07, 6.45) is 9.73. The van der Waals surface area contributed by atoms with Crippen LogP contribution >= 0.6 is 11.3 Å². The van der Waals surface area contributed by atoms with Gasteiger partial charge in [0.1, 0.15) is 22.1 Å². The van der Waals surface area contributed by atoms with Gasteiger partial charge in [-0.05, 0) is 12.8 Å². The van der Waals surface area contributed by atoms with Gasteiger partial charge in [-0.15, -0.1) is 0 Å². The summed E-state index contributed by atoms with van der Waals surface area (Å²) in [4.78, 5) is 40.6. The van der Waals surface area contributed by atoms with Crippen LogP contribution in [0.25, 0.3) is 11.4 Å². The molecule has 1 saturated heterocycles. The van der Waals surface area contributed by atoms with Crippen molar-refractivity contribution in [2.45, 2.75) is 19.3 Å². The molecule has 4 heterocycles. The fourth-order valence-electron chi connectivity index (χ4n) is 3.38. The van der Waals surface area contributed by atoms with Crippen LogP contribution in [0.3, 0.4) is 0 Å². The van der Waals surface area contributed by atoms with E-state index in [2.05, 4.69) is 37.3 Å². The first-order chi connectivity index (χ1) is 14.1. The number of likely N-dealkylation sites (tertiary alicyclic amines) is 1. The Balaban J connectivity index is 1.45. The number of aromatic carboxylic acids is 1. The number of carboxylic acid groups (broad SMARTS) is 1. The first-order valence-electron chi connectivity index (χ1n) is 9.60. The molecule has 0 radical (unpaired) electrons. The minimum absolute atomic E-state index is 0.164. The van der Waals surface area contributed by atoms with Gasteiger partial charge >= 0.3 is 5.97 Å². The van der Waals surface area contributed by atoms with Gasteiger partial charge in [0.2, 0.25) is 5.91 Å². The van der Waals surface area contributed by atoms with Crippen molar-refractivity contribution in [3.63, 3.8) is 0 Å². The standard InChI is InChI=1S/C19H22N6O3S/c26-15-5-4-9-24(15)10-6-20-14-12-21-13(11-22-14)16-17(18(27)28)29-19(23-16)25-7-2-1-3-8-25/h1-2,11-12H,3-10H2,(H,20,22)(H,27,28). The fraction of sp³-hybridized carbons (Fsp3) is 0.421. The molecule has 0 bridgehead atoms. The largest absolute Gasteiger partial charge is 0.477 e. The van der Waals surface area contributed by atoms with Crippen LogP contribution in [-0.4, -0.2) is 69.6 Å². The van der Waals surface area contributed by atoms with Gasteiger partial charge in [-0.25, -0.2) is 19.7 Å². The van der Waals surface area contributed by atoms with E-state index in [1.54, 1.807) is 6.20 Å². The highest BCUT2D eigenvalue weighted by Gasteiger charge is 2.23. The quantitative estimate of drug-likeness (QED) is 0.663. The molecule has 10 heteroatoms. The SMILES string of the molecule is O=C(O)c1sc(N2CC=CCC2)nc1-c1cnc(NCCN2CCCC2=O)cn1. The Bertz CT molecular complexity index is 927. The Labute approximate surface area is 172 Å². The van der Waals surface area contributed by atoms with E-state index < -0.39 is 5.97 Å². The zero-order valence-electron chi connectivity index (χ0n) is 15.9. The summed E-state index contributed by atoms with van der Waals surface area (Å²) in [5, 5.41) is 13.4. The Morgan fingerprint density at radius 1 is 1.24 bits per heavy atom. The number of carbonyl (C=O) groups is 2. The van der Waals surface area contributed by atoms with Crippen molar-refractivity contribution < 1.29 is 14.7 Å². The highest BCUT2D eigenvalue weighted by atomic mass is 32.1. The number of thiazole rings is 1. The number of carbonyl (C=O) groups excluding carboxylic acids is 1. The van der Waals surface area contributed by atoms with Crippen LogP contribution in [0, 0.1) is 0 Å². The fourth-order valence-corrected chi connectivity index (χ4v) is 4.33. The molecule has 1 fully saturated rings. The van der Waals surface area contributed by atoms with Crippen molar-refractivity contribution in [2.75, 3.05) is 42.9 Å². The molecule has 1 amide bonds. The summed E-state index contributed by atoms with van der Waals surface area (Å²) < 4.78 is 0. The number of nitrogens with zero attached hydrogens (tertiary/aromatic N) is 5.